The van der Waals surface area contributed by atoms with Crippen molar-refractivity contribution in [2.75, 3.05) is 19.3 Å². The molecule has 2 N–H and O–H groups in total. The van der Waals surface area contributed by atoms with E-state index in [4.69, 9.17) is 0 Å². The van der Waals surface area contributed by atoms with Gasteiger partial charge in [-0.05, 0) is 43.7 Å². The van der Waals surface area contributed by atoms with Crippen LogP contribution in [0.5, 0.6) is 0 Å². The van der Waals surface area contributed by atoms with Gasteiger partial charge in [0.05, 0.1) is 10.8 Å². The Labute approximate surface area is 136 Å². The molecule has 0 saturated heterocycles. The molecule has 1 aromatic carbocycles. The molecule has 1 fully saturated rings. The van der Waals surface area contributed by atoms with E-state index in [-0.39, 0.29) is 0 Å². The van der Waals surface area contributed by atoms with Crippen LogP contribution in [0.15, 0.2) is 40.2 Å². The summed E-state index contributed by atoms with van der Waals surface area (Å²) in [5.74, 6) is 2.26. The van der Waals surface area contributed by atoms with E-state index >= 15 is 0 Å². The standard InChI is InChI=1S/C17H27N3OS/c1-14-8-10-15(11-9-14)20-17(18-2)19-12-13-22(21)16-6-4-3-5-7-16/h3-7,14-15H,8-13H2,1-2H3,(H2,18,19,20). The molecule has 5 heteroatoms. The van der Waals surface area contributed by atoms with Crippen molar-refractivity contribution in [2.24, 2.45) is 10.9 Å². The molecule has 1 aliphatic rings. The average Bonchev–Trinajstić information content (AvgIpc) is 2.56. The third-order valence-electron chi connectivity index (χ3n) is 4.17. The highest BCUT2D eigenvalue weighted by atomic mass is 32.2. The molecule has 1 aliphatic carbocycles. The van der Waals surface area contributed by atoms with Gasteiger partial charge in [0.15, 0.2) is 5.96 Å². The second-order valence-electron chi connectivity index (χ2n) is 5.96. The Bertz CT molecular complexity index is 496. The first-order valence-electron chi connectivity index (χ1n) is 8.09. The molecule has 4 nitrogen and oxygen atoms in total. The average molecular weight is 321 g/mol. The van der Waals surface area contributed by atoms with Crippen LogP contribution in [0.25, 0.3) is 0 Å². The molecule has 1 atom stereocenters. The SMILES string of the molecule is CN=C(NCCS(=O)c1ccccc1)NC1CCC(C)CC1. The van der Waals surface area contributed by atoms with Crippen LogP contribution in [0.4, 0.5) is 0 Å². The van der Waals surface area contributed by atoms with Crippen molar-refractivity contribution < 1.29 is 4.21 Å². The molecule has 0 amide bonds. The summed E-state index contributed by atoms with van der Waals surface area (Å²) in [5.41, 5.74) is 0. The van der Waals surface area contributed by atoms with Crippen molar-refractivity contribution in [2.45, 2.75) is 43.5 Å². The molecule has 1 unspecified atom stereocenters. The summed E-state index contributed by atoms with van der Waals surface area (Å²) in [6.07, 6.45) is 4.98. The fourth-order valence-electron chi connectivity index (χ4n) is 2.74. The van der Waals surface area contributed by atoms with E-state index in [9.17, 15) is 4.21 Å². The first kappa shape index (κ1) is 17.0. The number of benzene rings is 1. The molecule has 0 spiro atoms. The Morgan fingerprint density at radius 1 is 1.23 bits per heavy atom. The Hall–Kier alpha value is -1.36. The molecule has 122 valence electrons. The van der Waals surface area contributed by atoms with Gasteiger partial charge in [-0.3, -0.25) is 9.20 Å². The molecule has 0 heterocycles. The smallest absolute Gasteiger partial charge is 0.191 e. The topological polar surface area (TPSA) is 53.5 Å². The Morgan fingerprint density at radius 3 is 2.55 bits per heavy atom. The number of nitrogens with zero attached hydrogens (tertiary/aromatic N) is 1. The van der Waals surface area contributed by atoms with E-state index in [1.165, 1.54) is 25.7 Å². The van der Waals surface area contributed by atoms with E-state index in [1.807, 2.05) is 30.3 Å². The van der Waals surface area contributed by atoms with E-state index < -0.39 is 10.8 Å². The zero-order valence-corrected chi connectivity index (χ0v) is 14.4. The molecule has 0 radical (unpaired) electrons. The minimum absolute atomic E-state index is 0.516. The lowest BCUT2D eigenvalue weighted by Gasteiger charge is -2.28. The van der Waals surface area contributed by atoms with Gasteiger partial charge in [-0.25, -0.2) is 0 Å². The lowest BCUT2D eigenvalue weighted by atomic mass is 9.87. The van der Waals surface area contributed by atoms with Crippen LogP contribution in [0, 0.1) is 5.92 Å². The van der Waals surface area contributed by atoms with Gasteiger partial charge in [-0.1, -0.05) is 25.1 Å². The van der Waals surface area contributed by atoms with Crippen LogP contribution in [-0.2, 0) is 10.8 Å². The predicted octanol–water partition coefficient (Wildman–Crippen LogP) is 2.54. The molecular weight excluding hydrogens is 294 g/mol. The lowest BCUT2D eigenvalue weighted by Crippen LogP contribution is -2.45. The molecule has 1 aromatic rings. The summed E-state index contributed by atoms with van der Waals surface area (Å²) in [7, 11) is 0.828. The third-order valence-corrected chi connectivity index (χ3v) is 5.54. The molecule has 1 saturated carbocycles. The predicted molar refractivity (Wildman–Crippen MR) is 93.6 cm³/mol. The molecular formula is C17H27N3OS. The van der Waals surface area contributed by atoms with Crippen molar-refractivity contribution >= 4 is 16.8 Å². The van der Waals surface area contributed by atoms with Gasteiger partial charge in [0.2, 0.25) is 0 Å². The van der Waals surface area contributed by atoms with Crippen LogP contribution in [0.1, 0.15) is 32.6 Å². The molecule has 0 bridgehead atoms. The van der Waals surface area contributed by atoms with Crippen molar-refractivity contribution in [3.63, 3.8) is 0 Å². The van der Waals surface area contributed by atoms with Gasteiger partial charge >= 0.3 is 0 Å². The normalized spacial score (nSPS) is 23.8. The van der Waals surface area contributed by atoms with Gasteiger partial charge in [0.1, 0.15) is 0 Å². The van der Waals surface area contributed by atoms with Crippen molar-refractivity contribution in [3.05, 3.63) is 30.3 Å². The minimum Gasteiger partial charge on any atom is -0.355 e. The summed E-state index contributed by atoms with van der Waals surface area (Å²) in [4.78, 5) is 5.15. The summed E-state index contributed by atoms with van der Waals surface area (Å²) in [6.45, 7) is 2.98. The second-order valence-corrected chi connectivity index (χ2v) is 7.53. The first-order valence-corrected chi connectivity index (χ1v) is 9.41. The van der Waals surface area contributed by atoms with Crippen molar-refractivity contribution in [3.8, 4) is 0 Å². The maximum absolute atomic E-state index is 12.2. The molecule has 22 heavy (non-hydrogen) atoms. The monoisotopic (exact) mass is 321 g/mol. The number of guanidine groups is 1. The highest BCUT2D eigenvalue weighted by molar-refractivity contribution is 7.85. The highest BCUT2D eigenvalue weighted by Gasteiger charge is 2.18. The molecule has 2 rings (SSSR count). The summed E-state index contributed by atoms with van der Waals surface area (Å²) in [5, 5.41) is 6.75. The maximum atomic E-state index is 12.2. The van der Waals surface area contributed by atoms with Crippen LogP contribution in [0.2, 0.25) is 0 Å². The van der Waals surface area contributed by atoms with E-state index in [0.29, 0.717) is 18.3 Å². The number of aliphatic imine (C=N–C) groups is 1. The van der Waals surface area contributed by atoms with Gasteiger partial charge in [0, 0.05) is 30.3 Å². The Kier molecular flexibility index (Phi) is 6.90. The zero-order valence-electron chi connectivity index (χ0n) is 13.5. The highest BCUT2D eigenvalue weighted by Crippen LogP contribution is 2.23. The van der Waals surface area contributed by atoms with Gasteiger partial charge < -0.3 is 10.6 Å². The lowest BCUT2D eigenvalue weighted by molar-refractivity contribution is 0.329. The number of rotatable bonds is 5. The van der Waals surface area contributed by atoms with E-state index in [1.54, 1.807) is 7.05 Å². The van der Waals surface area contributed by atoms with Gasteiger partial charge in [0.25, 0.3) is 0 Å². The summed E-state index contributed by atoms with van der Waals surface area (Å²) in [6, 6.07) is 10.1. The third kappa shape index (κ3) is 5.44. The Balaban J connectivity index is 1.71. The van der Waals surface area contributed by atoms with Crippen LogP contribution in [0.3, 0.4) is 0 Å². The minimum atomic E-state index is -0.959. The Morgan fingerprint density at radius 2 is 1.91 bits per heavy atom. The zero-order chi connectivity index (χ0) is 15.8. The number of hydrogen-bond donors (Lipinski definition) is 2. The number of hydrogen-bond acceptors (Lipinski definition) is 2. The summed E-state index contributed by atoms with van der Waals surface area (Å²) >= 11 is 0. The van der Waals surface area contributed by atoms with Crippen LogP contribution >= 0.6 is 0 Å². The van der Waals surface area contributed by atoms with Crippen molar-refractivity contribution in [1.29, 1.82) is 0 Å². The van der Waals surface area contributed by atoms with E-state index in [0.717, 1.165) is 16.8 Å². The quantitative estimate of drug-likeness (QED) is 0.647. The number of nitrogens with one attached hydrogen (secondary N) is 2. The molecule has 0 aromatic heterocycles. The largest absolute Gasteiger partial charge is 0.355 e. The first-order chi connectivity index (χ1) is 10.7. The molecule has 0 aliphatic heterocycles. The van der Waals surface area contributed by atoms with E-state index in [2.05, 4.69) is 22.5 Å². The van der Waals surface area contributed by atoms with Gasteiger partial charge in [-0.15, -0.1) is 0 Å². The van der Waals surface area contributed by atoms with Crippen LogP contribution < -0.4 is 10.6 Å². The second kappa shape index (κ2) is 8.93. The van der Waals surface area contributed by atoms with Crippen LogP contribution in [-0.4, -0.2) is 35.6 Å². The maximum Gasteiger partial charge on any atom is 0.191 e. The fourth-order valence-corrected chi connectivity index (χ4v) is 3.73. The fraction of sp³-hybridized carbons (Fsp3) is 0.588. The van der Waals surface area contributed by atoms with Gasteiger partial charge in [-0.2, -0.15) is 0 Å². The van der Waals surface area contributed by atoms with Crippen molar-refractivity contribution in [1.82, 2.24) is 10.6 Å². The summed E-state index contributed by atoms with van der Waals surface area (Å²) < 4.78 is 12.2.